The van der Waals surface area contributed by atoms with Gasteiger partial charge in [-0.3, -0.25) is 14.6 Å². The van der Waals surface area contributed by atoms with E-state index >= 15 is 0 Å². The molecule has 2 aliphatic heterocycles. The topological polar surface area (TPSA) is 118 Å². The zero-order chi connectivity index (χ0) is 21.3. The Morgan fingerprint density at radius 2 is 2.03 bits per heavy atom. The van der Waals surface area contributed by atoms with Crippen LogP contribution in [0, 0.1) is 0 Å². The first-order valence-corrected chi connectivity index (χ1v) is 10.5. The minimum atomic E-state index is -0.544. The maximum atomic E-state index is 12.6. The van der Waals surface area contributed by atoms with Gasteiger partial charge in [-0.2, -0.15) is 4.98 Å². The molecule has 2 atom stereocenters. The molecule has 0 spiro atoms. The quantitative estimate of drug-likeness (QED) is 0.573. The Balaban J connectivity index is 1.56. The van der Waals surface area contributed by atoms with Crippen molar-refractivity contribution < 1.29 is 14.0 Å². The molecule has 1 N–H and O–H groups in total. The summed E-state index contributed by atoms with van der Waals surface area (Å²) in [5.74, 6) is 0.0905. The standard InChI is InChI=1S/C21H26N4O5/c1-3-4-5-6-13-9-17(27)29-20-18(13)19(28)22-21(23-20)30-24-14-10-15-7-8-16(11-14)25(15)12(2)26/h9,15-16H,3-8,10-11H2,1-2H3,(H,22,23,28). The van der Waals surface area contributed by atoms with Crippen molar-refractivity contribution in [3.63, 3.8) is 0 Å². The SMILES string of the molecule is CCCCCc1cc(=O)oc2nc(ON=C3CC4CCC(C3)N4C(C)=O)[nH]c(=O)c12. The molecule has 2 aromatic rings. The first kappa shape index (κ1) is 20.3. The number of piperidine rings is 1. The minimum Gasteiger partial charge on any atom is -0.403 e. The molecule has 0 saturated carbocycles. The minimum absolute atomic E-state index is 0.0422. The van der Waals surface area contributed by atoms with Crippen LogP contribution in [-0.2, 0) is 11.2 Å². The van der Waals surface area contributed by atoms with Gasteiger partial charge in [-0.25, -0.2) is 4.79 Å². The van der Waals surface area contributed by atoms with E-state index in [0.29, 0.717) is 24.8 Å². The highest BCUT2D eigenvalue weighted by atomic mass is 16.6. The van der Waals surface area contributed by atoms with Crippen LogP contribution < -0.4 is 16.0 Å². The van der Waals surface area contributed by atoms with E-state index in [0.717, 1.165) is 37.8 Å². The van der Waals surface area contributed by atoms with Gasteiger partial charge in [0, 0.05) is 37.9 Å². The summed E-state index contributed by atoms with van der Waals surface area (Å²) in [6.45, 7) is 3.68. The second-order valence-corrected chi connectivity index (χ2v) is 8.07. The summed E-state index contributed by atoms with van der Waals surface area (Å²) in [6.07, 6.45) is 6.74. The highest BCUT2D eigenvalue weighted by molar-refractivity contribution is 5.88. The van der Waals surface area contributed by atoms with Gasteiger partial charge in [0.15, 0.2) is 0 Å². The largest absolute Gasteiger partial charge is 0.403 e. The fraction of sp³-hybridized carbons (Fsp3) is 0.571. The monoisotopic (exact) mass is 414 g/mol. The molecule has 4 rings (SSSR count). The molecule has 2 fully saturated rings. The molecular formula is C21H26N4O5. The first-order valence-electron chi connectivity index (χ1n) is 10.5. The fourth-order valence-corrected chi connectivity index (χ4v) is 4.62. The molecule has 30 heavy (non-hydrogen) atoms. The summed E-state index contributed by atoms with van der Waals surface area (Å²) >= 11 is 0. The summed E-state index contributed by atoms with van der Waals surface area (Å²) in [7, 11) is 0. The first-order chi connectivity index (χ1) is 14.5. The molecule has 1 amide bonds. The lowest BCUT2D eigenvalue weighted by molar-refractivity contribution is -0.131. The molecule has 9 heteroatoms. The third-order valence-electron chi connectivity index (χ3n) is 5.91. The van der Waals surface area contributed by atoms with Crippen molar-refractivity contribution in [1.29, 1.82) is 0 Å². The van der Waals surface area contributed by atoms with Crippen molar-refractivity contribution in [2.24, 2.45) is 5.16 Å². The van der Waals surface area contributed by atoms with Crippen LogP contribution in [0.25, 0.3) is 11.1 Å². The summed E-state index contributed by atoms with van der Waals surface area (Å²) in [5, 5.41) is 4.44. The number of nitrogens with one attached hydrogen (secondary N) is 1. The second-order valence-electron chi connectivity index (χ2n) is 8.07. The molecule has 2 aromatic heterocycles. The van der Waals surface area contributed by atoms with Gasteiger partial charge < -0.3 is 14.2 Å². The van der Waals surface area contributed by atoms with E-state index < -0.39 is 11.2 Å². The number of amides is 1. The van der Waals surface area contributed by atoms with Gasteiger partial charge in [-0.05, 0) is 31.2 Å². The maximum absolute atomic E-state index is 12.6. The lowest BCUT2D eigenvalue weighted by Gasteiger charge is -2.34. The molecule has 0 radical (unpaired) electrons. The van der Waals surface area contributed by atoms with Gasteiger partial charge in [0.25, 0.3) is 5.56 Å². The molecule has 2 unspecified atom stereocenters. The van der Waals surface area contributed by atoms with E-state index in [-0.39, 0.29) is 35.1 Å². The van der Waals surface area contributed by atoms with Crippen molar-refractivity contribution in [3.8, 4) is 6.01 Å². The van der Waals surface area contributed by atoms with Crippen molar-refractivity contribution in [2.45, 2.75) is 77.3 Å². The highest BCUT2D eigenvalue weighted by Gasteiger charge is 2.40. The van der Waals surface area contributed by atoms with E-state index in [2.05, 4.69) is 22.0 Å². The number of carbonyl (C=O) groups excluding carboxylic acids is 1. The molecule has 9 nitrogen and oxygen atoms in total. The number of fused-ring (bicyclic) bond motifs is 3. The van der Waals surface area contributed by atoms with Crippen LogP contribution in [0.4, 0.5) is 0 Å². The van der Waals surface area contributed by atoms with Crippen LogP contribution in [0.2, 0.25) is 0 Å². The predicted octanol–water partition coefficient (Wildman–Crippen LogP) is 2.52. The molecule has 0 aliphatic carbocycles. The molecule has 2 saturated heterocycles. The smallest absolute Gasteiger partial charge is 0.337 e. The summed E-state index contributed by atoms with van der Waals surface area (Å²) in [5.41, 5.74) is 0.459. The Kier molecular flexibility index (Phi) is 5.69. The van der Waals surface area contributed by atoms with E-state index in [1.54, 1.807) is 6.92 Å². The van der Waals surface area contributed by atoms with Crippen LogP contribution in [0.3, 0.4) is 0 Å². The van der Waals surface area contributed by atoms with Crippen LogP contribution >= 0.6 is 0 Å². The number of rotatable bonds is 6. The average Bonchev–Trinajstić information content (AvgIpc) is 2.97. The number of hydrogen-bond acceptors (Lipinski definition) is 7. The lowest BCUT2D eigenvalue weighted by Crippen LogP contribution is -2.45. The Morgan fingerprint density at radius 1 is 1.30 bits per heavy atom. The van der Waals surface area contributed by atoms with Crippen LogP contribution in [0.1, 0.15) is 64.4 Å². The van der Waals surface area contributed by atoms with E-state index in [1.165, 1.54) is 6.07 Å². The van der Waals surface area contributed by atoms with Crippen molar-refractivity contribution in [1.82, 2.24) is 14.9 Å². The zero-order valence-corrected chi connectivity index (χ0v) is 17.3. The highest BCUT2D eigenvalue weighted by Crippen LogP contribution is 2.34. The van der Waals surface area contributed by atoms with Crippen LogP contribution in [0.5, 0.6) is 6.01 Å². The fourth-order valence-electron chi connectivity index (χ4n) is 4.62. The molecule has 2 bridgehead atoms. The van der Waals surface area contributed by atoms with Crippen molar-refractivity contribution in [3.05, 3.63) is 32.4 Å². The number of aromatic nitrogens is 2. The molecular weight excluding hydrogens is 388 g/mol. The average molecular weight is 414 g/mol. The zero-order valence-electron chi connectivity index (χ0n) is 17.3. The van der Waals surface area contributed by atoms with E-state index in [4.69, 9.17) is 9.25 Å². The Bertz CT molecular complexity index is 1090. The van der Waals surface area contributed by atoms with E-state index in [1.807, 2.05) is 4.90 Å². The second kappa shape index (κ2) is 8.41. The van der Waals surface area contributed by atoms with E-state index in [9.17, 15) is 14.4 Å². The van der Waals surface area contributed by atoms with Crippen LogP contribution in [0.15, 0.2) is 25.2 Å². The van der Waals surface area contributed by atoms with Gasteiger partial charge in [0.05, 0.1) is 5.71 Å². The maximum Gasteiger partial charge on any atom is 0.337 e. The Hall–Kier alpha value is -2.97. The van der Waals surface area contributed by atoms with Gasteiger partial charge in [0.2, 0.25) is 11.6 Å². The van der Waals surface area contributed by atoms with Gasteiger partial charge in [-0.1, -0.05) is 24.9 Å². The van der Waals surface area contributed by atoms with Gasteiger partial charge in [0.1, 0.15) is 5.39 Å². The number of carbonyl (C=O) groups is 1. The molecule has 2 aliphatic rings. The number of hydrogen-bond donors (Lipinski definition) is 1. The third-order valence-corrected chi connectivity index (χ3v) is 5.91. The van der Waals surface area contributed by atoms with Gasteiger partial charge >= 0.3 is 11.6 Å². The molecule has 160 valence electrons. The number of oxime groups is 1. The number of aryl methyl sites for hydroxylation is 1. The number of unbranched alkanes of at least 4 members (excludes halogenated alkanes) is 2. The van der Waals surface area contributed by atoms with Crippen molar-refractivity contribution in [2.75, 3.05) is 0 Å². The summed E-state index contributed by atoms with van der Waals surface area (Å²) in [4.78, 5) is 50.4. The summed E-state index contributed by atoms with van der Waals surface area (Å²) in [6, 6.07) is 1.54. The Labute approximate surface area is 173 Å². The number of aromatic amines is 1. The molecule has 4 heterocycles. The summed E-state index contributed by atoms with van der Waals surface area (Å²) < 4.78 is 5.15. The van der Waals surface area contributed by atoms with Gasteiger partial charge in [-0.15, -0.1) is 0 Å². The number of nitrogens with zero attached hydrogens (tertiary/aromatic N) is 3. The third kappa shape index (κ3) is 4.01. The normalized spacial score (nSPS) is 20.6. The molecule has 0 aromatic carbocycles. The lowest BCUT2D eigenvalue weighted by atomic mass is 10.0. The van der Waals surface area contributed by atoms with Crippen LogP contribution in [-0.4, -0.2) is 38.6 Å². The number of H-pyrrole nitrogens is 1. The predicted molar refractivity (Wildman–Crippen MR) is 111 cm³/mol. The van der Waals surface area contributed by atoms with Crippen molar-refractivity contribution >= 4 is 22.7 Å². The Morgan fingerprint density at radius 3 is 2.70 bits per heavy atom.